The molecule has 23 heavy (non-hydrogen) atoms. The van der Waals surface area contributed by atoms with Crippen molar-refractivity contribution >= 4 is 11.9 Å². The standard InChI is InChI=1S/C15H27N5O3/c1-7-11(14(21)19(4)5)16-15(22)20(6)9-8-12-17-13(10(2)3)23-18-12/h10-11H,7-9H2,1-6H3,(H,16,22). The van der Waals surface area contributed by atoms with Gasteiger partial charge in [0.15, 0.2) is 5.82 Å². The Morgan fingerprint density at radius 2 is 1.91 bits per heavy atom. The normalized spacial score (nSPS) is 12.1. The molecule has 0 fully saturated rings. The molecule has 8 heteroatoms. The third-order valence-corrected chi connectivity index (χ3v) is 3.44. The number of likely N-dealkylation sites (N-methyl/N-ethyl adjacent to an activating group) is 2. The van der Waals surface area contributed by atoms with Gasteiger partial charge in [0.2, 0.25) is 11.8 Å². The van der Waals surface area contributed by atoms with E-state index in [9.17, 15) is 9.59 Å². The average Bonchev–Trinajstić information content (AvgIpc) is 2.98. The minimum atomic E-state index is -0.516. The van der Waals surface area contributed by atoms with E-state index in [0.29, 0.717) is 31.1 Å². The van der Waals surface area contributed by atoms with Crippen molar-refractivity contribution < 1.29 is 14.1 Å². The summed E-state index contributed by atoms with van der Waals surface area (Å²) in [5, 5.41) is 6.63. The summed E-state index contributed by atoms with van der Waals surface area (Å²) in [6.45, 7) is 6.25. The Bertz CT molecular complexity index is 527. The van der Waals surface area contributed by atoms with Gasteiger partial charge in [-0.3, -0.25) is 4.79 Å². The monoisotopic (exact) mass is 325 g/mol. The van der Waals surface area contributed by atoms with Crippen LogP contribution in [0.2, 0.25) is 0 Å². The highest BCUT2D eigenvalue weighted by Gasteiger charge is 2.22. The molecule has 0 aliphatic carbocycles. The highest BCUT2D eigenvalue weighted by Crippen LogP contribution is 2.11. The summed E-state index contributed by atoms with van der Waals surface area (Å²) in [6.07, 6.45) is 1.04. The Hall–Kier alpha value is -2.12. The quantitative estimate of drug-likeness (QED) is 0.814. The summed E-state index contributed by atoms with van der Waals surface area (Å²) < 4.78 is 5.13. The van der Waals surface area contributed by atoms with Crippen molar-refractivity contribution in [2.45, 2.75) is 45.6 Å². The van der Waals surface area contributed by atoms with Crippen molar-refractivity contribution in [2.24, 2.45) is 0 Å². The van der Waals surface area contributed by atoms with Crippen LogP contribution in [0.3, 0.4) is 0 Å². The lowest BCUT2D eigenvalue weighted by atomic mass is 10.2. The molecule has 0 saturated heterocycles. The summed E-state index contributed by atoms with van der Waals surface area (Å²) in [5.74, 6) is 1.23. The van der Waals surface area contributed by atoms with Crippen molar-refractivity contribution in [3.63, 3.8) is 0 Å². The zero-order valence-electron chi connectivity index (χ0n) is 14.8. The Morgan fingerprint density at radius 3 is 2.39 bits per heavy atom. The largest absolute Gasteiger partial charge is 0.347 e. The second-order valence-corrected chi connectivity index (χ2v) is 6.02. The molecular formula is C15H27N5O3. The van der Waals surface area contributed by atoms with Gasteiger partial charge in [-0.05, 0) is 6.42 Å². The van der Waals surface area contributed by atoms with Crippen molar-refractivity contribution in [1.29, 1.82) is 0 Å². The molecule has 1 atom stereocenters. The summed E-state index contributed by atoms with van der Waals surface area (Å²) in [5.41, 5.74) is 0. The van der Waals surface area contributed by atoms with Gasteiger partial charge in [0, 0.05) is 40.0 Å². The number of rotatable bonds is 7. The van der Waals surface area contributed by atoms with E-state index < -0.39 is 6.04 Å². The summed E-state index contributed by atoms with van der Waals surface area (Å²) in [4.78, 5) is 31.3. The van der Waals surface area contributed by atoms with Gasteiger partial charge in [-0.25, -0.2) is 4.79 Å². The van der Waals surface area contributed by atoms with Crippen molar-refractivity contribution in [3.8, 4) is 0 Å². The van der Waals surface area contributed by atoms with E-state index in [4.69, 9.17) is 4.52 Å². The van der Waals surface area contributed by atoms with Crippen LogP contribution in [-0.2, 0) is 11.2 Å². The second-order valence-electron chi connectivity index (χ2n) is 6.02. The predicted octanol–water partition coefficient (Wildman–Crippen LogP) is 1.24. The lowest BCUT2D eigenvalue weighted by Crippen LogP contribution is -2.50. The lowest BCUT2D eigenvalue weighted by molar-refractivity contribution is -0.130. The summed E-state index contributed by atoms with van der Waals surface area (Å²) in [6, 6.07) is -0.808. The number of hydrogen-bond donors (Lipinski definition) is 1. The highest BCUT2D eigenvalue weighted by atomic mass is 16.5. The van der Waals surface area contributed by atoms with E-state index in [1.807, 2.05) is 20.8 Å². The molecule has 1 unspecified atom stereocenters. The number of urea groups is 1. The molecule has 1 rings (SSSR count). The zero-order chi connectivity index (χ0) is 17.6. The molecule has 1 heterocycles. The maximum atomic E-state index is 12.2. The first kappa shape index (κ1) is 18.9. The molecule has 0 aliphatic rings. The molecule has 3 amide bonds. The molecular weight excluding hydrogens is 298 g/mol. The van der Waals surface area contributed by atoms with Gasteiger partial charge in [0.05, 0.1) is 0 Å². The van der Waals surface area contributed by atoms with Crippen LogP contribution in [0, 0.1) is 0 Å². The van der Waals surface area contributed by atoms with E-state index in [0.717, 1.165) is 0 Å². The SMILES string of the molecule is CCC(NC(=O)N(C)CCc1noc(C(C)C)n1)C(=O)N(C)C. The van der Waals surface area contributed by atoms with Crippen LogP contribution in [0.15, 0.2) is 4.52 Å². The molecule has 0 saturated carbocycles. The van der Waals surface area contributed by atoms with Crippen LogP contribution in [0.5, 0.6) is 0 Å². The first-order valence-electron chi connectivity index (χ1n) is 7.81. The van der Waals surface area contributed by atoms with Gasteiger partial charge in [0.25, 0.3) is 0 Å². The van der Waals surface area contributed by atoms with E-state index in [-0.39, 0.29) is 17.9 Å². The second kappa shape index (κ2) is 8.50. The Labute approximate surface area is 137 Å². The lowest BCUT2D eigenvalue weighted by Gasteiger charge is -2.24. The fourth-order valence-electron chi connectivity index (χ4n) is 1.88. The van der Waals surface area contributed by atoms with Crippen LogP contribution < -0.4 is 5.32 Å². The van der Waals surface area contributed by atoms with Gasteiger partial charge in [0.1, 0.15) is 6.04 Å². The summed E-state index contributed by atoms with van der Waals surface area (Å²) >= 11 is 0. The first-order valence-corrected chi connectivity index (χ1v) is 7.81. The number of hydrogen-bond acceptors (Lipinski definition) is 5. The number of nitrogens with one attached hydrogen (secondary N) is 1. The number of nitrogens with zero attached hydrogens (tertiary/aromatic N) is 4. The third-order valence-electron chi connectivity index (χ3n) is 3.44. The van der Waals surface area contributed by atoms with Crippen molar-refractivity contribution in [2.75, 3.05) is 27.7 Å². The van der Waals surface area contributed by atoms with Crippen LogP contribution in [-0.4, -0.2) is 65.6 Å². The highest BCUT2D eigenvalue weighted by molar-refractivity contribution is 5.86. The maximum Gasteiger partial charge on any atom is 0.317 e. The fourth-order valence-corrected chi connectivity index (χ4v) is 1.88. The molecule has 0 radical (unpaired) electrons. The smallest absolute Gasteiger partial charge is 0.317 e. The van der Waals surface area contributed by atoms with E-state index >= 15 is 0 Å². The third kappa shape index (κ3) is 5.54. The van der Waals surface area contributed by atoms with Crippen LogP contribution in [0.1, 0.15) is 44.8 Å². The Kier molecular flexibility index (Phi) is 6.99. The van der Waals surface area contributed by atoms with Gasteiger partial charge < -0.3 is 19.6 Å². The van der Waals surface area contributed by atoms with Gasteiger partial charge in [-0.2, -0.15) is 4.98 Å². The molecule has 8 nitrogen and oxygen atoms in total. The molecule has 0 aromatic carbocycles. The summed E-state index contributed by atoms with van der Waals surface area (Å²) in [7, 11) is 5.01. The van der Waals surface area contributed by atoms with E-state index in [1.54, 1.807) is 21.1 Å². The fraction of sp³-hybridized carbons (Fsp3) is 0.733. The number of aromatic nitrogens is 2. The van der Waals surface area contributed by atoms with Gasteiger partial charge in [-0.1, -0.05) is 25.9 Å². The van der Waals surface area contributed by atoms with Gasteiger partial charge in [-0.15, -0.1) is 0 Å². The minimum Gasteiger partial charge on any atom is -0.347 e. The Morgan fingerprint density at radius 1 is 1.26 bits per heavy atom. The molecule has 0 spiro atoms. The molecule has 130 valence electrons. The van der Waals surface area contributed by atoms with E-state index in [1.165, 1.54) is 9.80 Å². The van der Waals surface area contributed by atoms with E-state index in [2.05, 4.69) is 15.5 Å². The Balaban J connectivity index is 2.51. The zero-order valence-corrected chi connectivity index (χ0v) is 14.8. The van der Waals surface area contributed by atoms with Crippen molar-refractivity contribution in [1.82, 2.24) is 25.3 Å². The van der Waals surface area contributed by atoms with Crippen molar-refractivity contribution in [3.05, 3.63) is 11.7 Å². The number of carbonyl (C=O) groups is 2. The molecule has 0 bridgehead atoms. The van der Waals surface area contributed by atoms with Crippen LogP contribution in [0.25, 0.3) is 0 Å². The average molecular weight is 325 g/mol. The topological polar surface area (TPSA) is 91.6 Å². The first-order chi connectivity index (χ1) is 10.8. The molecule has 0 aliphatic heterocycles. The number of amides is 3. The molecule has 1 aromatic rings. The predicted molar refractivity (Wildman–Crippen MR) is 86.0 cm³/mol. The van der Waals surface area contributed by atoms with Crippen LogP contribution in [0.4, 0.5) is 4.79 Å². The maximum absolute atomic E-state index is 12.2. The minimum absolute atomic E-state index is 0.117. The van der Waals surface area contributed by atoms with Crippen LogP contribution >= 0.6 is 0 Å². The molecule has 1 aromatic heterocycles. The number of carbonyl (C=O) groups excluding carboxylic acids is 2. The molecule has 1 N–H and O–H groups in total. The van der Waals surface area contributed by atoms with Gasteiger partial charge >= 0.3 is 6.03 Å².